The number of nitrogens with two attached hydrogens (primary N) is 6. The number of H-pyrrole nitrogens is 1. The smallest absolute Gasteiger partial charge is 0.326 e. The summed E-state index contributed by atoms with van der Waals surface area (Å²) in [6.07, 6.45) is -3.22. The fourth-order valence-corrected chi connectivity index (χ4v) is 6.16. The zero-order valence-electron chi connectivity index (χ0n) is 35.5. The summed E-state index contributed by atoms with van der Waals surface area (Å²) in [4.78, 5) is 155. The lowest BCUT2D eigenvalue weighted by Gasteiger charge is -2.27. The topological polar surface area (TPSA) is 469 Å². The second kappa shape index (κ2) is 26.1. The van der Waals surface area contributed by atoms with Crippen molar-refractivity contribution in [1.82, 2.24) is 36.9 Å². The van der Waals surface area contributed by atoms with Gasteiger partial charge in [0.15, 0.2) is 0 Å². The molecule has 26 nitrogen and oxygen atoms in total. The van der Waals surface area contributed by atoms with Crippen molar-refractivity contribution in [2.24, 2.45) is 34.4 Å². The summed E-state index contributed by atoms with van der Waals surface area (Å²) in [5.74, 6) is -12.2. The Kier molecular flexibility index (Phi) is 21.5. The largest absolute Gasteiger partial charge is 0.480 e. The number of nitrogens with one attached hydrogen (secondary N) is 7. The van der Waals surface area contributed by atoms with Crippen LogP contribution in [0.5, 0.6) is 0 Å². The number of hydrogen-bond acceptors (Lipinski definition) is 13. The highest BCUT2D eigenvalue weighted by Gasteiger charge is 2.34. The number of aromatic amines is 1. The molecule has 0 aliphatic rings. The molecule has 7 atom stereocenters. The second-order valence-corrected chi connectivity index (χ2v) is 15.1. The van der Waals surface area contributed by atoms with Gasteiger partial charge in [-0.05, 0) is 50.7 Å². The van der Waals surface area contributed by atoms with E-state index < -0.39 is 165 Å². The van der Waals surface area contributed by atoms with E-state index in [0.717, 1.165) is 0 Å². The van der Waals surface area contributed by atoms with Gasteiger partial charge in [0.25, 0.3) is 0 Å². The van der Waals surface area contributed by atoms with Gasteiger partial charge in [-0.15, -0.1) is 0 Å². The Morgan fingerprint density at radius 2 is 0.800 bits per heavy atom. The number of hydrogen-bond donors (Lipinski definition) is 14. The van der Waals surface area contributed by atoms with E-state index in [2.05, 4.69) is 36.9 Å². The standard InChI is InChI=1S/C39H57N13O13/c1-18(40)33(58)47-22(6-11-28(41)53)34(59)48-23(7-12-29(42)54)35(60)49-24(8-13-30(43)55)36(61)50-25(9-14-31(44)56)37(62)52-27(16-19-17-46-21-5-3-2-4-20(19)21)38(63)51-26(39(64)65)10-15-32(45)57/h2-5,17-18,22-27,46H,6-16,40H2,1H3,(H2,41,53)(H2,42,54)(H2,43,55)(H2,44,56)(H2,45,57)(H,47,58)(H,48,59)(H,49,60)(H,50,61)(H,51,63)(H,52,62)(H,64,65)/t18-,22-,23-,24-,25-,26-,27-/m0/s1. The molecule has 0 saturated heterocycles. The van der Waals surface area contributed by atoms with Crippen LogP contribution >= 0.6 is 0 Å². The number of para-hydroxylation sites is 1. The zero-order chi connectivity index (χ0) is 49.0. The van der Waals surface area contributed by atoms with Crippen molar-refractivity contribution in [3.8, 4) is 0 Å². The normalized spacial score (nSPS) is 14.1. The van der Waals surface area contributed by atoms with Gasteiger partial charge in [0.05, 0.1) is 6.04 Å². The molecular weight excluding hydrogens is 859 g/mol. The monoisotopic (exact) mass is 915 g/mol. The van der Waals surface area contributed by atoms with Crippen LogP contribution in [0.25, 0.3) is 10.9 Å². The van der Waals surface area contributed by atoms with Crippen LogP contribution in [-0.2, 0) is 64.0 Å². The molecule has 26 heteroatoms. The second-order valence-electron chi connectivity index (χ2n) is 15.1. The summed E-state index contributed by atoms with van der Waals surface area (Å²) in [6.45, 7) is 1.31. The molecule has 0 bridgehead atoms. The molecule has 2 aromatic rings. The van der Waals surface area contributed by atoms with Crippen LogP contribution in [0.4, 0.5) is 0 Å². The minimum absolute atomic E-state index is 0.256. The Labute approximate surface area is 371 Å². The Hall–Kier alpha value is -7.64. The molecule has 20 N–H and O–H groups in total. The fourth-order valence-electron chi connectivity index (χ4n) is 6.16. The first kappa shape index (κ1) is 53.5. The highest BCUT2D eigenvalue weighted by Crippen LogP contribution is 2.20. The van der Waals surface area contributed by atoms with Gasteiger partial charge < -0.3 is 76.4 Å². The SMILES string of the molecule is C[C@H](N)C(=O)N[C@@H](CCC(N)=O)C(=O)N[C@@H](CCC(N)=O)C(=O)N[C@@H](CCC(N)=O)C(=O)N[C@@H](CCC(N)=O)C(=O)N[C@@H](Cc1c[nH]c2ccccc12)C(=O)N[C@@H](CCC(N)=O)C(=O)O. The van der Waals surface area contributed by atoms with Gasteiger partial charge in [-0.25, -0.2) is 4.79 Å². The number of amides is 11. The first-order chi connectivity index (χ1) is 30.5. The number of rotatable bonds is 30. The highest BCUT2D eigenvalue weighted by molar-refractivity contribution is 5.98. The Morgan fingerprint density at radius 3 is 1.15 bits per heavy atom. The lowest BCUT2D eigenvalue weighted by Crippen LogP contribution is -2.60. The number of aromatic nitrogens is 1. The zero-order valence-corrected chi connectivity index (χ0v) is 35.5. The van der Waals surface area contributed by atoms with E-state index in [0.29, 0.717) is 16.5 Å². The number of carbonyl (C=O) groups excluding carboxylic acids is 11. The predicted molar refractivity (Wildman–Crippen MR) is 227 cm³/mol. The third kappa shape index (κ3) is 19.1. The summed E-state index contributed by atoms with van der Waals surface area (Å²) < 4.78 is 0. The van der Waals surface area contributed by atoms with Crippen LogP contribution in [0.3, 0.4) is 0 Å². The van der Waals surface area contributed by atoms with E-state index in [4.69, 9.17) is 34.4 Å². The number of fused-ring (bicyclic) bond motifs is 1. The lowest BCUT2D eigenvalue weighted by atomic mass is 10.0. The minimum atomic E-state index is -1.72. The van der Waals surface area contributed by atoms with Crippen LogP contribution in [0.2, 0.25) is 0 Å². The van der Waals surface area contributed by atoms with Gasteiger partial charge >= 0.3 is 5.97 Å². The molecule has 1 aromatic heterocycles. The molecule has 0 fully saturated rings. The maximum atomic E-state index is 14.0. The molecule has 11 amide bonds. The number of carboxylic acid groups (broad SMARTS) is 1. The number of aliphatic carboxylic acids is 1. The van der Waals surface area contributed by atoms with Crippen molar-refractivity contribution in [2.75, 3.05) is 0 Å². The summed E-state index contributed by atoms with van der Waals surface area (Å²) in [5.41, 5.74) is 33.1. The van der Waals surface area contributed by atoms with Crippen molar-refractivity contribution < 1.29 is 62.6 Å². The fraction of sp³-hybridized carbons (Fsp3) is 0.487. The van der Waals surface area contributed by atoms with E-state index in [-0.39, 0.29) is 19.3 Å². The third-order valence-corrected chi connectivity index (χ3v) is 9.69. The van der Waals surface area contributed by atoms with Crippen molar-refractivity contribution in [2.45, 2.75) is 120 Å². The van der Waals surface area contributed by atoms with Crippen LogP contribution in [-0.4, -0.2) is 123 Å². The Bertz CT molecular complexity index is 2110. The number of carbonyl (C=O) groups is 12. The number of benzene rings is 1. The van der Waals surface area contributed by atoms with Crippen LogP contribution in [0.1, 0.15) is 76.7 Å². The number of primary amides is 5. The molecule has 2 rings (SSSR count). The van der Waals surface area contributed by atoms with Gasteiger partial charge in [0, 0.05) is 55.6 Å². The van der Waals surface area contributed by atoms with Gasteiger partial charge in [-0.3, -0.25) is 52.7 Å². The maximum absolute atomic E-state index is 14.0. The van der Waals surface area contributed by atoms with Crippen molar-refractivity contribution in [3.05, 3.63) is 36.0 Å². The van der Waals surface area contributed by atoms with E-state index in [9.17, 15) is 62.6 Å². The van der Waals surface area contributed by atoms with E-state index in [1.807, 2.05) is 0 Å². The van der Waals surface area contributed by atoms with Crippen LogP contribution in [0, 0.1) is 0 Å². The van der Waals surface area contributed by atoms with E-state index in [1.54, 1.807) is 30.5 Å². The van der Waals surface area contributed by atoms with Crippen molar-refractivity contribution >= 4 is 81.9 Å². The average Bonchev–Trinajstić information content (AvgIpc) is 3.63. The first-order valence-corrected chi connectivity index (χ1v) is 20.3. The molecule has 0 saturated carbocycles. The summed E-state index contributed by atoms with van der Waals surface area (Å²) in [6, 6.07) is -3.92. The Balaban J connectivity index is 2.49. The van der Waals surface area contributed by atoms with Crippen LogP contribution in [0.15, 0.2) is 30.5 Å². The average molecular weight is 916 g/mol. The van der Waals surface area contributed by atoms with Crippen molar-refractivity contribution in [1.29, 1.82) is 0 Å². The first-order valence-electron chi connectivity index (χ1n) is 20.3. The van der Waals surface area contributed by atoms with Crippen molar-refractivity contribution in [3.63, 3.8) is 0 Å². The minimum Gasteiger partial charge on any atom is -0.480 e. The summed E-state index contributed by atoms with van der Waals surface area (Å²) in [7, 11) is 0. The number of carboxylic acids is 1. The van der Waals surface area contributed by atoms with Gasteiger partial charge in [0.2, 0.25) is 65.0 Å². The molecule has 1 heterocycles. The molecular formula is C39H57N13O13. The van der Waals surface area contributed by atoms with E-state index >= 15 is 0 Å². The molecule has 0 aliphatic heterocycles. The maximum Gasteiger partial charge on any atom is 0.326 e. The molecule has 0 spiro atoms. The quantitative estimate of drug-likeness (QED) is 0.0348. The molecule has 0 radical (unpaired) electrons. The third-order valence-electron chi connectivity index (χ3n) is 9.69. The van der Waals surface area contributed by atoms with Gasteiger partial charge in [-0.2, -0.15) is 0 Å². The molecule has 356 valence electrons. The van der Waals surface area contributed by atoms with Gasteiger partial charge in [-0.1, -0.05) is 18.2 Å². The Morgan fingerprint density at radius 1 is 0.492 bits per heavy atom. The summed E-state index contributed by atoms with van der Waals surface area (Å²) in [5, 5.41) is 24.5. The molecule has 0 unspecified atom stereocenters. The molecule has 65 heavy (non-hydrogen) atoms. The lowest BCUT2D eigenvalue weighted by molar-refractivity contribution is -0.142. The predicted octanol–water partition coefficient (Wildman–Crippen LogP) is -5.62. The molecule has 0 aliphatic carbocycles. The van der Waals surface area contributed by atoms with Gasteiger partial charge in [0.1, 0.15) is 36.3 Å². The van der Waals surface area contributed by atoms with Crippen LogP contribution < -0.4 is 66.3 Å². The van der Waals surface area contributed by atoms with E-state index in [1.165, 1.54) is 6.92 Å². The summed E-state index contributed by atoms with van der Waals surface area (Å²) >= 11 is 0. The highest BCUT2D eigenvalue weighted by atomic mass is 16.4. The molecule has 1 aromatic carbocycles.